The minimum Gasteiger partial charge on any atom is -0.394 e. The maximum Gasteiger partial charge on any atom is 0.351 e. The van der Waals surface area contributed by atoms with E-state index in [0.717, 1.165) is 5.56 Å². The van der Waals surface area contributed by atoms with Crippen molar-refractivity contribution in [1.82, 2.24) is 9.55 Å². The molecule has 2 heterocycles. The fourth-order valence-electron chi connectivity index (χ4n) is 2.40. The highest BCUT2D eigenvalue weighted by molar-refractivity contribution is 5.38. The number of aliphatic hydroxyl groups excluding tert-OH is 2. The van der Waals surface area contributed by atoms with E-state index in [9.17, 15) is 9.90 Å². The zero-order valence-corrected chi connectivity index (χ0v) is 12.8. The van der Waals surface area contributed by atoms with Crippen molar-refractivity contribution < 1.29 is 14.9 Å². The van der Waals surface area contributed by atoms with Crippen molar-refractivity contribution in [2.24, 2.45) is 5.92 Å². The minimum absolute atomic E-state index is 0.201. The Labute approximate surface area is 129 Å². The van der Waals surface area contributed by atoms with Crippen LogP contribution in [-0.4, -0.2) is 38.6 Å². The smallest absolute Gasteiger partial charge is 0.351 e. The number of nitrogens with two attached hydrogens (primary N) is 1. The maximum absolute atomic E-state index is 12.0. The molecule has 0 amide bonds. The fraction of sp³-hybridized carbons (Fsp3) is 0.600. The predicted octanol–water partition coefficient (Wildman–Crippen LogP) is 0.221. The summed E-state index contributed by atoms with van der Waals surface area (Å²) in [6.07, 6.45) is 4.32. The summed E-state index contributed by atoms with van der Waals surface area (Å²) in [5.74, 6) is 0.630. The molecule has 0 saturated carbocycles. The molecule has 0 spiro atoms. The molecule has 4 N–H and O–H groups in total. The normalized spacial score (nSPS) is 25.4. The molecule has 3 atom stereocenters. The predicted molar refractivity (Wildman–Crippen MR) is 82.2 cm³/mol. The van der Waals surface area contributed by atoms with E-state index in [0.29, 0.717) is 12.3 Å². The highest BCUT2D eigenvalue weighted by atomic mass is 16.5. The van der Waals surface area contributed by atoms with Crippen LogP contribution in [0.25, 0.3) is 0 Å². The second kappa shape index (κ2) is 7.04. The van der Waals surface area contributed by atoms with E-state index in [4.69, 9.17) is 15.6 Å². The Morgan fingerprint density at radius 3 is 2.91 bits per heavy atom. The van der Waals surface area contributed by atoms with Crippen LogP contribution in [0.5, 0.6) is 0 Å². The first-order chi connectivity index (χ1) is 10.4. The van der Waals surface area contributed by atoms with Crippen LogP contribution in [0.2, 0.25) is 0 Å². The molecule has 22 heavy (non-hydrogen) atoms. The maximum atomic E-state index is 12.0. The molecule has 2 rings (SSSR count). The van der Waals surface area contributed by atoms with Gasteiger partial charge < -0.3 is 20.7 Å². The van der Waals surface area contributed by atoms with Crippen LogP contribution in [0.1, 0.15) is 32.1 Å². The number of aliphatic hydroxyl groups is 2. The summed E-state index contributed by atoms with van der Waals surface area (Å²) in [6, 6.07) is 0. The number of anilines is 1. The first-order valence-corrected chi connectivity index (χ1v) is 7.41. The molecule has 1 aromatic heterocycles. The molecule has 7 heteroatoms. The van der Waals surface area contributed by atoms with E-state index in [2.05, 4.69) is 18.8 Å². The van der Waals surface area contributed by atoms with Crippen molar-refractivity contribution in [3.63, 3.8) is 0 Å². The van der Waals surface area contributed by atoms with Gasteiger partial charge in [-0.3, -0.25) is 4.57 Å². The van der Waals surface area contributed by atoms with Gasteiger partial charge in [-0.2, -0.15) is 4.98 Å². The van der Waals surface area contributed by atoms with E-state index in [1.807, 2.05) is 12.2 Å². The summed E-state index contributed by atoms with van der Waals surface area (Å²) < 4.78 is 6.82. The summed E-state index contributed by atoms with van der Waals surface area (Å²) in [5.41, 5.74) is 6.00. The van der Waals surface area contributed by atoms with Crippen LogP contribution in [0.3, 0.4) is 0 Å². The van der Waals surface area contributed by atoms with Crippen molar-refractivity contribution in [3.05, 3.63) is 34.4 Å². The zero-order valence-electron chi connectivity index (χ0n) is 12.8. The van der Waals surface area contributed by atoms with Gasteiger partial charge in [0.15, 0.2) is 0 Å². The highest BCUT2D eigenvalue weighted by Crippen LogP contribution is 2.27. The van der Waals surface area contributed by atoms with Crippen molar-refractivity contribution in [2.75, 3.05) is 12.3 Å². The van der Waals surface area contributed by atoms with Gasteiger partial charge in [0.05, 0.1) is 12.7 Å². The van der Waals surface area contributed by atoms with Gasteiger partial charge >= 0.3 is 5.69 Å². The lowest BCUT2D eigenvalue weighted by atomic mass is 10.1. The SMILES string of the molecule is CC(C)C=CCc1cn([C@H]2C[C@H](O)[C@@H](CO)O2)c(=O)nc1N. The Hall–Kier alpha value is -1.70. The summed E-state index contributed by atoms with van der Waals surface area (Å²) in [4.78, 5) is 15.8. The Balaban J connectivity index is 2.23. The first-order valence-electron chi connectivity index (χ1n) is 7.41. The molecular weight excluding hydrogens is 286 g/mol. The van der Waals surface area contributed by atoms with Crippen molar-refractivity contribution >= 4 is 5.82 Å². The minimum atomic E-state index is -0.802. The van der Waals surface area contributed by atoms with Crippen LogP contribution in [0.15, 0.2) is 23.1 Å². The number of allylic oxidation sites excluding steroid dienone is 2. The van der Waals surface area contributed by atoms with Gasteiger partial charge in [0, 0.05) is 18.2 Å². The third-order valence-corrected chi connectivity index (χ3v) is 3.61. The molecule has 0 aromatic carbocycles. The van der Waals surface area contributed by atoms with Crippen LogP contribution < -0.4 is 11.4 Å². The van der Waals surface area contributed by atoms with Crippen LogP contribution in [0.4, 0.5) is 5.82 Å². The fourth-order valence-corrected chi connectivity index (χ4v) is 2.40. The first kappa shape index (κ1) is 16.7. The van der Waals surface area contributed by atoms with E-state index in [1.54, 1.807) is 6.20 Å². The van der Waals surface area contributed by atoms with E-state index in [1.165, 1.54) is 4.57 Å². The number of hydrogen-bond acceptors (Lipinski definition) is 6. The van der Waals surface area contributed by atoms with E-state index >= 15 is 0 Å². The van der Waals surface area contributed by atoms with Crippen molar-refractivity contribution in [2.45, 2.75) is 45.1 Å². The summed E-state index contributed by atoms with van der Waals surface area (Å²) >= 11 is 0. The Morgan fingerprint density at radius 1 is 1.59 bits per heavy atom. The van der Waals surface area contributed by atoms with Gasteiger partial charge in [-0.15, -0.1) is 0 Å². The number of hydrogen-bond donors (Lipinski definition) is 3. The van der Waals surface area contributed by atoms with Crippen LogP contribution in [0, 0.1) is 5.92 Å². The number of ether oxygens (including phenoxy) is 1. The largest absolute Gasteiger partial charge is 0.394 e. The number of nitrogens with zero attached hydrogens (tertiary/aromatic N) is 2. The lowest BCUT2D eigenvalue weighted by molar-refractivity contribution is -0.0459. The highest BCUT2D eigenvalue weighted by Gasteiger charge is 2.35. The molecule has 122 valence electrons. The molecule has 1 fully saturated rings. The molecule has 0 aliphatic carbocycles. The second-order valence-electron chi connectivity index (χ2n) is 5.83. The molecule has 1 saturated heterocycles. The van der Waals surface area contributed by atoms with Crippen LogP contribution in [-0.2, 0) is 11.2 Å². The summed E-state index contributed by atoms with van der Waals surface area (Å²) in [5, 5.41) is 18.9. The molecule has 1 aliphatic heterocycles. The molecule has 0 radical (unpaired) electrons. The Bertz CT molecular complexity index is 597. The van der Waals surface area contributed by atoms with E-state index in [-0.39, 0.29) is 18.8 Å². The standard InChI is InChI=1S/C15H23N3O4/c1-9(2)4-3-5-10-7-18(15(21)17-14(10)16)13-6-11(20)12(8-19)22-13/h3-4,7,9,11-13,19-20H,5-6,8H2,1-2H3,(H2,16,17,21)/t11-,12+,13+/m0/s1. The molecule has 7 nitrogen and oxygen atoms in total. The number of aromatic nitrogens is 2. The van der Waals surface area contributed by atoms with Gasteiger partial charge in [0.2, 0.25) is 0 Å². The lowest BCUT2D eigenvalue weighted by Crippen LogP contribution is -2.29. The van der Waals surface area contributed by atoms with Crippen molar-refractivity contribution in [3.8, 4) is 0 Å². The quantitative estimate of drug-likeness (QED) is 0.671. The van der Waals surface area contributed by atoms with Gasteiger partial charge in [-0.05, 0) is 12.3 Å². The van der Waals surface area contributed by atoms with Crippen molar-refractivity contribution in [1.29, 1.82) is 0 Å². The molecule has 1 aliphatic rings. The topological polar surface area (TPSA) is 111 Å². The monoisotopic (exact) mass is 309 g/mol. The third kappa shape index (κ3) is 3.73. The Morgan fingerprint density at radius 2 is 2.32 bits per heavy atom. The summed E-state index contributed by atoms with van der Waals surface area (Å²) in [7, 11) is 0. The van der Waals surface area contributed by atoms with E-state index < -0.39 is 24.1 Å². The average molecular weight is 309 g/mol. The lowest BCUT2D eigenvalue weighted by Gasteiger charge is -2.16. The molecule has 0 unspecified atom stereocenters. The van der Waals surface area contributed by atoms with Gasteiger partial charge in [-0.1, -0.05) is 26.0 Å². The molecule has 0 bridgehead atoms. The van der Waals surface area contributed by atoms with Gasteiger partial charge in [0.25, 0.3) is 0 Å². The number of rotatable bonds is 5. The van der Waals surface area contributed by atoms with Crippen LogP contribution >= 0.6 is 0 Å². The zero-order chi connectivity index (χ0) is 16.3. The van der Waals surface area contributed by atoms with Gasteiger partial charge in [0.1, 0.15) is 18.1 Å². The second-order valence-corrected chi connectivity index (χ2v) is 5.83. The summed E-state index contributed by atoms with van der Waals surface area (Å²) in [6.45, 7) is 3.85. The third-order valence-electron chi connectivity index (χ3n) is 3.61. The Kier molecular flexibility index (Phi) is 5.33. The molecular formula is C15H23N3O4. The average Bonchev–Trinajstić information content (AvgIpc) is 2.81. The number of nitrogen functional groups attached to an aromatic ring is 1. The molecule has 1 aromatic rings. The van der Waals surface area contributed by atoms with Gasteiger partial charge in [-0.25, -0.2) is 4.79 Å².